The highest BCUT2D eigenvalue weighted by Crippen LogP contribution is 2.18. The zero-order valence-corrected chi connectivity index (χ0v) is 9.84. The second-order valence-corrected chi connectivity index (χ2v) is 4.64. The molecule has 84 valence electrons. The van der Waals surface area contributed by atoms with Crippen molar-refractivity contribution in [2.45, 2.75) is 52.0 Å². The van der Waals surface area contributed by atoms with Gasteiger partial charge in [-0.3, -0.25) is 4.90 Å². The highest BCUT2D eigenvalue weighted by atomic mass is 15.2. The summed E-state index contributed by atoms with van der Waals surface area (Å²) in [4.78, 5) is 2.63. The second-order valence-electron chi connectivity index (χ2n) is 4.64. The first-order valence-corrected chi connectivity index (χ1v) is 6.23. The Morgan fingerprint density at radius 2 is 1.71 bits per heavy atom. The van der Waals surface area contributed by atoms with Crippen molar-refractivity contribution in [1.82, 2.24) is 4.90 Å². The predicted molar refractivity (Wildman–Crippen MR) is 62.3 cm³/mol. The topological polar surface area (TPSA) is 29.3 Å². The Bertz CT molecular complexity index is 139. The van der Waals surface area contributed by atoms with E-state index < -0.39 is 0 Å². The van der Waals surface area contributed by atoms with Gasteiger partial charge in [-0.05, 0) is 31.8 Å². The fourth-order valence-electron chi connectivity index (χ4n) is 2.44. The van der Waals surface area contributed by atoms with Crippen LogP contribution in [-0.4, -0.2) is 30.6 Å². The van der Waals surface area contributed by atoms with Crippen molar-refractivity contribution >= 4 is 0 Å². The Morgan fingerprint density at radius 1 is 1.14 bits per heavy atom. The van der Waals surface area contributed by atoms with E-state index in [0.29, 0.717) is 6.04 Å². The van der Waals surface area contributed by atoms with Crippen LogP contribution < -0.4 is 5.73 Å². The van der Waals surface area contributed by atoms with Gasteiger partial charge in [0.2, 0.25) is 0 Å². The Morgan fingerprint density at radius 3 is 2.14 bits per heavy atom. The number of rotatable bonds is 4. The van der Waals surface area contributed by atoms with Gasteiger partial charge in [-0.1, -0.05) is 33.1 Å². The van der Waals surface area contributed by atoms with Gasteiger partial charge < -0.3 is 5.73 Å². The van der Waals surface area contributed by atoms with E-state index >= 15 is 0 Å². The third-order valence-corrected chi connectivity index (χ3v) is 3.65. The highest BCUT2D eigenvalue weighted by Gasteiger charge is 2.22. The van der Waals surface area contributed by atoms with Crippen LogP contribution in [0.25, 0.3) is 0 Å². The van der Waals surface area contributed by atoms with Crippen molar-refractivity contribution in [3.63, 3.8) is 0 Å². The summed E-state index contributed by atoms with van der Waals surface area (Å²) in [5.41, 5.74) is 5.89. The molecule has 14 heavy (non-hydrogen) atoms. The van der Waals surface area contributed by atoms with Gasteiger partial charge in [-0.25, -0.2) is 0 Å². The van der Waals surface area contributed by atoms with Crippen molar-refractivity contribution < 1.29 is 0 Å². The number of hydrogen-bond donors (Lipinski definition) is 1. The van der Waals surface area contributed by atoms with E-state index in [4.69, 9.17) is 5.73 Å². The molecular formula is C12H26N2. The summed E-state index contributed by atoms with van der Waals surface area (Å²) < 4.78 is 0. The minimum absolute atomic E-state index is 0.623. The molecule has 0 amide bonds. The van der Waals surface area contributed by atoms with Gasteiger partial charge in [-0.2, -0.15) is 0 Å². The number of likely N-dealkylation sites (tertiary alicyclic amines) is 1. The Balaban J connectivity index is 2.48. The molecule has 0 aliphatic carbocycles. The van der Waals surface area contributed by atoms with E-state index in [2.05, 4.69) is 18.7 Å². The first-order chi connectivity index (χ1) is 6.79. The smallest absolute Gasteiger partial charge is 0.0243 e. The quantitative estimate of drug-likeness (QED) is 0.750. The van der Waals surface area contributed by atoms with Crippen LogP contribution >= 0.6 is 0 Å². The minimum atomic E-state index is 0.623. The average Bonchev–Trinajstić information content (AvgIpc) is 2.47. The van der Waals surface area contributed by atoms with Gasteiger partial charge in [0.25, 0.3) is 0 Å². The van der Waals surface area contributed by atoms with Crippen LogP contribution in [0.4, 0.5) is 0 Å². The van der Waals surface area contributed by atoms with Gasteiger partial charge in [-0.15, -0.1) is 0 Å². The van der Waals surface area contributed by atoms with E-state index in [1.165, 1.54) is 45.2 Å². The van der Waals surface area contributed by atoms with Gasteiger partial charge >= 0.3 is 0 Å². The molecule has 1 fully saturated rings. The predicted octanol–water partition coefficient (Wildman–Crippen LogP) is 2.24. The second kappa shape index (κ2) is 6.41. The first kappa shape index (κ1) is 12.0. The Kier molecular flexibility index (Phi) is 5.49. The number of nitrogens with two attached hydrogens (primary N) is 1. The zero-order valence-electron chi connectivity index (χ0n) is 9.84. The lowest BCUT2D eigenvalue weighted by Crippen LogP contribution is -2.45. The molecular weight excluding hydrogens is 172 g/mol. The molecule has 2 unspecified atom stereocenters. The van der Waals surface area contributed by atoms with E-state index in [1.807, 2.05) is 0 Å². The van der Waals surface area contributed by atoms with Gasteiger partial charge in [0.1, 0.15) is 0 Å². The van der Waals surface area contributed by atoms with Crippen LogP contribution in [0.2, 0.25) is 0 Å². The molecule has 2 atom stereocenters. The summed E-state index contributed by atoms with van der Waals surface area (Å²) in [5, 5.41) is 0. The molecule has 0 saturated carbocycles. The van der Waals surface area contributed by atoms with Crippen LogP contribution in [0.1, 0.15) is 46.0 Å². The minimum Gasteiger partial charge on any atom is -0.329 e. The lowest BCUT2D eigenvalue weighted by Gasteiger charge is -2.33. The average molecular weight is 198 g/mol. The lowest BCUT2D eigenvalue weighted by atomic mass is 9.97. The molecule has 1 heterocycles. The molecule has 1 aliphatic heterocycles. The van der Waals surface area contributed by atoms with E-state index in [-0.39, 0.29) is 0 Å². The molecule has 1 saturated heterocycles. The van der Waals surface area contributed by atoms with Crippen LogP contribution in [0.3, 0.4) is 0 Å². The standard InChI is InChI=1S/C12H26N2/c1-3-11(2)12(10-13)14-8-6-4-5-7-9-14/h11-12H,3-10,13H2,1-2H3. The molecule has 0 aromatic heterocycles. The van der Waals surface area contributed by atoms with Crippen molar-refractivity contribution in [2.75, 3.05) is 19.6 Å². The Labute approximate surface area is 88.8 Å². The third-order valence-electron chi connectivity index (χ3n) is 3.65. The summed E-state index contributed by atoms with van der Waals surface area (Å²) in [6.07, 6.45) is 6.81. The summed E-state index contributed by atoms with van der Waals surface area (Å²) in [6, 6.07) is 0.623. The van der Waals surface area contributed by atoms with Crippen molar-refractivity contribution in [2.24, 2.45) is 11.7 Å². The highest BCUT2D eigenvalue weighted by molar-refractivity contribution is 4.78. The van der Waals surface area contributed by atoms with Crippen molar-refractivity contribution in [1.29, 1.82) is 0 Å². The third kappa shape index (κ3) is 3.25. The van der Waals surface area contributed by atoms with E-state index in [0.717, 1.165) is 12.5 Å². The van der Waals surface area contributed by atoms with E-state index in [9.17, 15) is 0 Å². The number of nitrogens with zero attached hydrogens (tertiary/aromatic N) is 1. The lowest BCUT2D eigenvalue weighted by molar-refractivity contribution is 0.155. The summed E-state index contributed by atoms with van der Waals surface area (Å²) >= 11 is 0. The molecule has 2 heteroatoms. The number of hydrogen-bond acceptors (Lipinski definition) is 2. The van der Waals surface area contributed by atoms with Crippen molar-refractivity contribution in [3.8, 4) is 0 Å². The normalized spacial score (nSPS) is 24.2. The van der Waals surface area contributed by atoms with Crippen LogP contribution in [0.15, 0.2) is 0 Å². The summed E-state index contributed by atoms with van der Waals surface area (Å²) in [6.45, 7) is 7.97. The molecule has 2 nitrogen and oxygen atoms in total. The van der Waals surface area contributed by atoms with Gasteiger partial charge in [0, 0.05) is 12.6 Å². The van der Waals surface area contributed by atoms with Gasteiger partial charge in [0.15, 0.2) is 0 Å². The molecule has 1 aliphatic rings. The molecule has 0 spiro atoms. The summed E-state index contributed by atoms with van der Waals surface area (Å²) in [5.74, 6) is 0.748. The fourth-order valence-corrected chi connectivity index (χ4v) is 2.44. The first-order valence-electron chi connectivity index (χ1n) is 6.23. The fraction of sp³-hybridized carbons (Fsp3) is 1.00. The monoisotopic (exact) mass is 198 g/mol. The molecule has 2 N–H and O–H groups in total. The molecule has 1 rings (SSSR count). The maximum absolute atomic E-state index is 5.89. The molecule has 0 radical (unpaired) electrons. The SMILES string of the molecule is CCC(C)C(CN)N1CCCCCC1. The maximum atomic E-state index is 5.89. The van der Waals surface area contributed by atoms with Crippen LogP contribution in [-0.2, 0) is 0 Å². The maximum Gasteiger partial charge on any atom is 0.0243 e. The molecule has 0 aromatic rings. The summed E-state index contributed by atoms with van der Waals surface area (Å²) in [7, 11) is 0. The Hall–Kier alpha value is -0.0800. The van der Waals surface area contributed by atoms with Crippen LogP contribution in [0.5, 0.6) is 0 Å². The van der Waals surface area contributed by atoms with Crippen molar-refractivity contribution in [3.05, 3.63) is 0 Å². The molecule has 0 bridgehead atoms. The van der Waals surface area contributed by atoms with Gasteiger partial charge in [0.05, 0.1) is 0 Å². The van der Waals surface area contributed by atoms with E-state index in [1.54, 1.807) is 0 Å². The molecule has 0 aromatic carbocycles. The zero-order chi connectivity index (χ0) is 10.4. The largest absolute Gasteiger partial charge is 0.329 e. The van der Waals surface area contributed by atoms with Crippen LogP contribution in [0, 0.1) is 5.92 Å².